The fourth-order valence-corrected chi connectivity index (χ4v) is 2.41. The summed E-state index contributed by atoms with van der Waals surface area (Å²) in [5.41, 5.74) is 2.20. The summed E-state index contributed by atoms with van der Waals surface area (Å²) in [4.78, 5) is 0. The summed E-state index contributed by atoms with van der Waals surface area (Å²) >= 11 is 0. The molecule has 86 valence electrons. The van der Waals surface area contributed by atoms with Gasteiger partial charge in [0, 0.05) is 11.5 Å². The van der Waals surface area contributed by atoms with Gasteiger partial charge in [0.2, 0.25) is 0 Å². The number of rotatable bonds is 1. The van der Waals surface area contributed by atoms with E-state index in [9.17, 15) is 5.11 Å². The highest BCUT2D eigenvalue weighted by molar-refractivity contribution is 5.44. The van der Waals surface area contributed by atoms with Crippen LogP contribution in [0.4, 0.5) is 0 Å². The average Bonchev–Trinajstić information content (AvgIpc) is 2.39. The lowest BCUT2D eigenvalue weighted by Crippen LogP contribution is -2.31. The van der Waals surface area contributed by atoms with Crippen LogP contribution in [0, 0.1) is 0 Å². The highest BCUT2D eigenvalue weighted by Gasteiger charge is 2.30. The molecule has 0 fully saturated rings. The zero-order valence-corrected chi connectivity index (χ0v) is 9.41. The number of ether oxygens (including phenoxy) is 1. The molecular formula is C15H14O2. The number of hydrogen-bond acceptors (Lipinski definition) is 2. The second-order valence-electron chi connectivity index (χ2n) is 4.30. The molecule has 0 bridgehead atoms. The van der Waals surface area contributed by atoms with Gasteiger partial charge in [-0.1, -0.05) is 48.5 Å². The molecule has 1 aliphatic heterocycles. The molecular weight excluding hydrogens is 212 g/mol. The van der Waals surface area contributed by atoms with E-state index in [2.05, 4.69) is 12.1 Å². The first-order chi connectivity index (χ1) is 8.36. The van der Waals surface area contributed by atoms with Gasteiger partial charge in [0.15, 0.2) is 0 Å². The molecule has 0 radical (unpaired) electrons. The minimum atomic E-state index is -0.479. The van der Waals surface area contributed by atoms with E-state index in [-0.39, 0.29) is 5.92 Å². The molecule has 1 aliphatic rings. The quantitative estimate of drug-likeness (QED) is 0.809. The van der Waals surface area contributed by atoms with Crippen LogP contribution in [0.1, 0.15) is 17.0 Å². The molecule has 2 nitrogen and oxygen atoms in total. The highest BCUT2D eigenvalue weighted by Crippen LogP contribution is 2.37. The summed E-state index contributed by atoms with van der Waals surface area (Å²) in [5, 5.41) is 10.1. The first-order valence-corrected chi connectivity index (χ1v) is 5.81. The lowest BCUT2D eigenvalue weighted by atomic mass is 9.85. The monoisotopic (exact) mass is 226 g/mol. The number of fused-ring (bicyclic) bond motifs is 1. The van der Waals surface area contributed by atoms with Gasteiger partial charge in [-0.15, -0.1) is 0 Å². The van der Waals surface area contributed by atoms with Gasteiger partial charge in [-0.05, 0) is 11.6 Å². The molecule has 2 heteroatoms. The number of aliphatic hydroxyl groups excluding tert-OH is 1. The van der Waals surface area contributed by atoms with Crippen LogP contribution < -0.4 is 4.74 Å². The summed E-state index contributed by atoms with van der Waals surface area (Å²) in [6.07, 6.45) is -0.479. The van der Waals surface area contributed by atoms with Gasteiger partial charge < -0.3 is 9.84 Å². The Morgan fingerprint density at radius 2 is 1.65 bits per heavy atom. The second-order valence-corrected chi connectivity index (χ2v) is 4.30. The van der Waals surface area contributed by atoms with Crippen molar-refractivity contribution in [3.8, 4) is 5.75 Å². The topological polar surface area (TPSA) is 29.5 Å². The van der Waals surface area contributed by atoms with Crippen LogP contribution in [0.5, 0.6) is 5.75 Å². The standard InChI is InChI=1S/C15H14O2/c16-13-10-17-14-9-5-4-8-12(14)15(13)11-6-2-1-3-7-11/h1-9,13,15-16H,10H2. The van der Waals surface area contributed by atoms with Crippen molar-refractivity contribution in [2.24, 2.45) is 0 Å². The zero-order valence-electron chi connectivity index (χ0n) is 9.41. The van der Waals surface area contributed by atoms with Crippen molar-refractivity contribution in [1.29, 1.82) is 0 Å². The number of benzene rings is 2. The molecule has 17 heavy (non-hydrogen) atoms. The Kier molecular flexibility index (Phi) is 2.57. The van der Waals surface area contributed by atoms with Crippen molar-refractivity contribution < 1.29 is 9.84 Å². The van der Waals surface area contributed by atoms with Crippen LogP contribution in [0.25, 0.3) is 0 Å². The third-order valence-corrected chi connectivity index (χ3v) is 3.21. The Morgan fingerprint density at radius 1 is 0.941 bits per heavy atom. The van der Waals surface area contributed by atoms with E-state index in [1.165, 1.54) is 0 Å². The van der Waals surface area contributed by atoms with E-state index in [1.54, 1.807) is 0 Å². The smallest absolute Gasteiger partial charge is 0.123 e. The summed E-state index contributed by atoms with van der Waals surface area (Å²) < 4.78 is 5.54. The van der Waals surface area contributed by atoms with Crippen molar-refractivity contribution in [3.05, 3.63) is 65.7 Å². The molecule has 0 aromatic heterocycles. The number of aliphatic hydroxyl groups is 1. The summed E-state index contributed by atoms with van der Waals surface area (Å²) in [5.74, 6) is 0.896. The highest BCUT2D eigenvalue weighted by atomic mass is 16.5. The molecule has 1 N–H and O–H groups in total. The first kappa shape index (κ1) is 10.4. The Labute approximate surface area is 100 Å². The van der Waals surface area contributed by atoms with E-state index in [0.717, 1.165) is 16.9 Å². The molecule has 0 amide bonds. The summed E-state index contributed by atoms with van der Waals surface area (Å²) in [6, 6.07) is 18.0. The lowest BCUT2D eigenvalue weighted by molar-refractivity contribution is 0.0771. The molecule has 0 aliphatic carbocycles. The first-order valence-electron chi connectivity index (χ1n) is 5.81. The predicted octanol–water partition coefficient (Wildman–Crippen LogP) is 2.57. The van der Waals surface area contributed by atoms with E-state index in [4.69, 9.17) is 4.74 Å². The van der Waals surface area contributed by atoms with Crippen molar-refractivity contribution in [3.63, 3.8) is 0 Å². The van der Waals surface area contributed by atoms with Gasteiger partial charge in [0.25, 0.3) is 0 Å². The molecule has 3 rings (SSSR count). The van der Waals surface area contributed by atoms with Crippen LogP contribution in [0.3, 0.4) is 0 Å². The average molecular weight is 226 g/mol. The number of para-hydroxylation sites is 1. The molecule has 2 aromatic rings. The van der Waals surface area contributed by atoms with Gasteiger partial charge in [-0.2, -0.15) is 0 Å². The largest absolute Gasteiger partial charge is 0.491 e. The Hall–Kier alpha value is -1.80. The van der Waals surface area contributed by atoms with E-state index in [0.29, 0.717) is 6.61 Å². The maximum Gasteiger partial charge on any atom is 0.123 e. The molecule has 0 saturated carbocycles. The summed E-state index contributed by atoms with van der Waals surface area (Å²) in [7, 11) is 0. The van der Waals surface area contributed by atoms with Gasteiger partial charge >= 0.3 is 0 Å². The number of hydrogen-bond donors (Lipinski definition) is 1. The van der Waals surface area contributed by atoms with E-state index < -0.39 is 6.10 Å². The van der Waals surface area contributed by atoms with Crippen LogP contribution in [0.2, 0.25) is 0 Å². The minimum absolute atomic E-state index is 0.0150. The SMILES string of the molecule is OC1COc2ccccc2C1c1ccccc1. The Morgan fingerprint density at radius 3 is 2.47 bits per heavy atom. The third kappa shape index (κ3) is 1.81. The van der Waals surface area contributed by atoms with Crippen LogP contribution >= 0.6 is 0 Å². The van der Waals surface area contributed by atoms with Gasteiger partial charge in [0.1, 0.15) is 12.4 Å². The molecule has 2 unspecified atom stereocenters. The molecule has 0 saturated heterocycles. The molecule has 1 heterocycles. The minimum Gasteiger partial charge on any atom is -0.491 e. The van der Waals surface area contributed by atoms with E-state index in [1.807, 2.05) is 42.5 Å². The fraction of sp³-hybridized carbons (Fsp3) is 0.200. The molecule has 0 spiro atoms. The maximum absolute atomic E-state index is 10.1. The van der Waals surface area contributed by atoms with Crippen LogP contribution in [-0.4, -0.2) is 17.8 Å². The van der Waals surface area contributed by atoms with Crippen molar-refractivity contribution in [1.82, 2.24) is 0 Å². The third-order valence-electron chi connectivity index (χ3n) is 3.21. The van der Waals surface area contributed by atoms with Crippen molar-refractivity contribution >= 4 is 0 Å². The van der Waals surface area contributed by atoms with Crippen LogP contribution in [0.15, 0.2) is 54.6 Å². The van der Waals surface area contributed by atoms with Crippen LogP contribution in [-0.2, 0) is 0 Å². The zero-order chi connectivity index (χ0) is 11.7. The molecule has 2 atom stereocenters. The Balaban J connectivity index is 2.10. The Bertz CT molecular complexity index is 507. The fourth-order valence-electron chi connectivity index (χ4n) is 2.41. The van der Waals surface area contributed by atoms with Gasteiger partial charge in [0.05, 0.1) is 6.10 Å². The predicted molar refractivity (Wildman–Crippen MR) is 66.2 cm³/mol. The lowest BCUT2D eigenvalue weighted by Gasteiger charge is -2.30. The van der Waals surface area contributed by atoms with Gasteiger partial charge in [-0.3, -0.25) is 0 Å². The van der Waals surface area contributed by atoms with Gasteiger partial charge in [-0.25, -0.2) is 0 Å². The van der Waals surface area contributed by atoms with E-state index >= 15 is 0 Å². The van der Waals surface area contributed by atoms with Crippen molar-refractivity contribution in [2.75, 3.05) is 6.61 Å². The normalized spacial score (nSPS) is 22.6. The van der Waals surface area contributed by atoms with Crippen molar-refractivity contribution in [2.45, 2.75) is 12.0 Å². The molecule has 2 aromatic carbocycles. The second kappa shape index (κ2) is 4.22. The summed E-state index contributed by atoms with van der Waals surface area (Å²) in [6.45, 7) is 0.358. The maximum atomic E-state index is 10.1.